The van der Waals surface area contributed by atoms with Crippen LogP contribution in [0.3, 0.4) is 0 Å². The van der Waals surface area contributed by atoms with Crippen molar-refractivity contribution in [2.75, 3.05) is 25.7 Å². The van der Waals surface area contributed by atoms with Gasteiger partial charge in [-0.2, -0.15) is 16.8 Å². The molecule has 158 valence electrons. The third kappa shape index (κ3) is 6.12. The molecule has 0 spiro atoms. The lowest BCUT2D eigenvalue weighted by Crippen LogP contribution is -2.18. The van der Waals surface area contributed by atoms with Gasteiger partial charge in [-0.15, -0.1) is 0 Å². The van der Waals surface area contributed by atoms with E-state index in [2.05, 4.69) is 24.3 Å². The minimum absolute atomic E-state index is 0.0141. The van der Waals surface area contributed by atoms with Gasteiger partial charge in [0.05, 0.1) is 25.7 Å². The van der Waals surface area contributed by atoms with Gasteiger partial charge in [0.2, 0.25) is 0 Å². The Hall–Kier alpha value is -1.74. The van der Waals surface area contributed by atoms with Crippen molar-refractivity contribution in [2.24, 2.45) is 0 Å². The molecule has 0 heterocycles. The summed E-state index contributed by atoms with van der Waals surface area (Å²) in [5, 5.41) is 0. The maximum Gasteiger partial charge on any atom is 0.264 e. The van der Waals surface area contributed by atoms with E-state index in [-0.39, 0.29) is 25.0 Å². The smallest absolute Gasteiger partial charge is 0.264 e. The van der Waals surface area contributed by atoms with Crippen molar-refractivity contribution in [1.82, 2.24) is 0 Å². The van der Waals surface area contributed by atoms with Crippen molar-refractivity contribution in [3.05, 3.63) is 70.8 Å². The van der Waals surface area contributed by atoms with E-state index < -0.39 is 20.2 Å². The Balaban J connectivity index is 1.98. The summed E-state index contributed by atoms with van der Waals surface area (Å²) in [5.41, 5.74) is 4.67. The molecule has 8 heteroatoms. The molecule has 6 nitrogen and oxygen atoms in total. The fourth-order valence-electron chi connectivity index (χ4n) is 4.12. The number of hydrogen-bond acceptors (Lipinski definition) is 6. The maximum absolute atomic E-state index is 11.4. The standard InChI is InChI=1S/C21H26O6S2/c1-28(22,23)26-13-11-20-18-9-5-3-7-16(18)15-17-8-4-6-10-19(17)21(20)12-14-27-29(2,24)25/h3-10,20-21H,11-15H2,1-2H3. The molecule has 1 aliphatic carbocycles. The second kappa shape index (κ2) is 8.95. The average molecular weight is 439 g/mol. The van der Waals surface area contributed by atoms with E-state index >= 15 is 0 Å². The molecule has 0 bridgehead atoms. The molecule has 2 aromatic carbocycles. The maximum atomic E-state index is 11.4. The average Bonchev–Trinajstić information content (AvgIpc) is 2.75. The number of fused-ring (bicyclic) bond motifs is 2. The second-order valence-electron chi connectivity index (χ2n) is 7.42. The molecule has 0 aromatic heterocycles. The summed E-state index contributed by atoms with van der Waals surface area (Å²) in [6, 6.07) is 16.3. The minimum atomic E-state index is -3.53. The van der Waals surface area contributed by atoms with Crippen molar-refractivity contribution in [3.8, 4) is 0 Å². The first kappa shape index (κ1) is 22.0. The molecule has 0 fully saturated rings. The van der Waals surface area contributed by atoms with E-state index in [1.807, 2.05) is 24.3 Å². The molecule has 2 aromatic rings. The first-order valence-electron chi connectivity index (χ1n) is 9.48. The Morgan fingerprint density at radius 2 is 1.10 bits per heavy atom. The summed E-state index contributed by atoms with van der Waals surface area (Å²) in [5.74, 6) is -0.0282. The molecule has 0 amide bonds. The van der Waals surface area contributed by atoms with Gasteiger partial charge in [-0.25, -0.2) is 0 Å². The fraction of sp³-hybridized carbons (Fsp3) is 0.429. The van der Waals surface area contributed by atoms with Crippen LogP contribution in [-0.4, -0.2) is 42.6 Å². The molecule has 2 unspecified atom stereocenters. The monoisotopic (exact) mass is 438 g/mol. The van der Waals surface area contributed by atoms with Crippen molar-refractivity contribution >= 4 is 20.2 Å². The Bertz CT molecular complexity index is 975. The SMILES string of the molecule is CS(=O)(=O)OCCC1c2ccccc2Cc2ccccc2C1CCOS(C)(=O)=O. The van der Waals surface area contributed by atoms with Crippen LogP contribution in [0.15, 0.2) is 48.5 Å². The van der Waals surface area contributed by atoms with Gasteiger partial charge in [0.15, 0.2) is 0 Å². The van der Waals surface area contributed by atoms with E-state index in [9.17, 15) is 16.8 Å². The molecule has 0 aliphatic heterocycles. The van der Waals surface area contributed by atoms with E-state index in [4.69, 9.17) is 8.37 Å². The third-order valence-electron chi connectivity index (χ3n) is 5.23. The van der Waals surface area contributed by atoms with Gasteiger partial charge >= 0.3 is 0 Å². The van der Waals surface area contributed by atoms with E-state index in [1.165, 1.54) is 11.1 Å². The highest BCUT2D eigenvalue weighted by atomic mass is 32.2. The van der Waals surface area contributed by atoms with Crippen LogP contribution in [0.1, 0.15) is 46.9 Å². The highest BCUT2D eigenvalue weighted by molar-refractivity contribution is 7.86. The van der Waals surface area contributed by atoms with Crippen LogP contribution >= 0.6 is 0 Å². The summed E-state index contributed by atoms with van der Waals surface area (Å²) < 4.78 is 55.8. The molecule has 29 heavy (non-hydrogen) atoms. The van der Waals surface area contributed by atoms with Crippen LogP contribution in [-0.2, 0) is 35.0 Å². The van der Waals surface area contributed by atoms with Crippen molar-refractivity contribution in [3.63, 3.8) is 0 Å². The molecule has 2 atom stereocenters. The van der Waals surface area contributed by atoms with Crippen LogP contribution in [0.2, 0.25) is 0 Å². The highest BCUT2D eigenvalue weighted by Gasteiger charge is 2.31. The summed E-state index contributed by atoms with van der Waals surface area (Å²) in [4.78, 5) is 0. The third-order valence-corrected chi connectivity index (χ3v) is 6.42. The second-order valence-corrected chi connectivity index (χ2v) is 10.7. The first-order valence-corrected chi connectivity index (χ1v) is 13.1. The topological polar surface area (TPSA) is 86.7 Å². The van der Waals surface area contributed by atoms with Crippen LogP contribution in [0.25, 0.3) is 0 Å². The van der Waals surface area contributed by atoms with E-state index in [0.717, 1.165) is 30.1 Å². The fourth-order valence-corrected chi connectivity index (χ4v) is 4.92. The van der Waals surface area contributed by atoms with Crippen LogP contribution < -0.4 is 0 Å². The van der Waals surface area contributed by atoms with Gasteiger partial charge < -0.3 is 0 Å². The van der Waals surface area contributed by atoms with Gasteiger partial charge in [0, 0.05) is 0 Å². The Kier molecular flexibility index (Phi) is 6.78. The van der Waals surface area contributed by atoms with Gasteiger partial charge in [0.25, 0.3) is 20.2 Å². The number of rotatable bonds is 8. The summed E-state index contributed by atoms with van der Waals surface area (Å²) in [7, 11) is -7.06. The lowest BCUT2D eigenvalue weighted by atomic mass is 9.78. The minimum Gasteiger partial charge on any atom is -0.270 e. The molecule has 3 rings (SSSR count). The number of hydrogen-bond donors (Lipinski definition) is 0. The normalized spacial score (nSPS) is 19.2. The Labute approximate surface area is 173 Å². The van der Waals surface area contributed by atoms with Gasteiger partial charge in [0.1, 0.15) is 0 Å². The van der Waals surface area contributed by atoms with Crippen molar-refractivity contribution in [1.29, 1.82) is 0 Å². The van der Waals surface area contributed by atoms with Gasteiger partial charge in [-0.3, -0.25) is 8.37 Å². The van der Waals surface area contributed by atoms with Crippen LogP contribution in [0.4, 0.5) is 0 Å². The molecule has 0 saturated carbocycles. The molecule has 1 aliphatic rings. The van der Waals surface area contributed by atoms with Gasteiger partial charge in [-0.05, 0) is 53.4 Å². The lowest BCUT2D eigenvalue weighted by Gasteiger charge is -2.28. The Morgan fingerprint density at radius 1 is 0.724 bits per heavy atom. The molecule has 0 saturated heterocycles. The largest absolute Gasteiger partial charge is 0.270 e. The van der Waals surface area contributed by atoms with E-state index in [0.29, 0.717) is 12.8 Å². The predicted octanol–water partition coefficient (Wildman–Crippen LogP) is 3.19. The molecule has 0 N–H and O–H groups in total. The zero-order valence-electron chi connectivity index (χ0n) is 16.6. The van der Waals surface area contributed by atoms with Crippen LogP contribution in [0.5, 0.6) is 0 Å². The van der Waals surface area contributed by atoms with Crippen molar-refractivity contribution < 1.29 is 25.2 Å². The number of benzene rings is 2. The molecular weight excluding hydrogens is 412 g/mol. The predicted molar refractivity (Wildman–Crippen MR) is 112 cm³/mol. The van der Waals surface area contributed by atoms with Gasteiger partial charge in [-0.1, -0.05) is 48.5 Å². The van der Waals surface area contributed by atoms with Crippen molar-refractivity contribution in [2.45, 2.75) is 31.1 Å². The quantitative estimate of drug-likeness (QED) is 0.588. The summed E-state index contributed by atoms with van der Waals surface area (Å²) >= 11 is 0. The highest BCUT2D eigenvalue weighted by Crippen LogP contribution is 2.44. The van der Waals surface area contributed by atoms with Crippen LogP contribution in [0, 0.1) is 0 Å². The zero-order valence-corrected chi connectivity index (χ0v) is 18.2. The van der Waals surface area contributed by atoms with E-state index in [1.54, 1.807) is 0 Å². The Morgan fingerprint density at radius 3 is 1.48 bits per heavy atom. The first-order chi connectivity index (χ1) is 13.6. The summed E-state index contributed by atoms with van der Waals surface area (Å²) in [6.07, 6.45) is 3.87. The molecule has 0 radical (unpaired) electrons. The summed E-state index contributed by atoms with van der Waals surface area (Å²) in [6.45, 7) is 0.146. The molecular formula is C21H26O6S2. The lowest BCUT2D eigenvalue weighted by molar-refractivity contribution is 0.267. The zero-order chi connectivity index (χ0) is 21.1.